The number of anilines is 1. The van der Waals surface area contributed by atoms with Crippen molar-refractivity contribution in [2.24, 2.45) is 4.99 Å². The summed E-state index contributed by atoms with van der Waals surface area (Å²) in [6.45, 7) is 2.72. The van der Waals surface area contributed by atoms with Crippen molar-refractivity contribution < 1.29 is 19.0 Å². The predicted octanol–water partition coefficient (Wildman–Crippen LogP) is 5.18. The number of benzene rings is 2. The Morgan fingerprint density at radius 3 is 2.55 bits per heavy atom. The van der Waals surface area contributed by atoms with Gasteiger partial charge in [-0.15, -0.1) is 0 Å². The summed E-state index contributed by atoms with van der Waals surface area (Å²) in [7, 11) is 3.20. The van der Waals surface area contributed by atoms with E-state index >= 15 is 0 Å². The average molecular weight is 467 g/mol. The number of hydrogen-bond donors (Lipinski definition) is 1. The minimum Gasteiger partial charge on any atom is -0.466 e. The van der Waals surface area contributed by atoms with Crippen molar-refractivity contribution in [3.63, 3.8) is 0 Å². The molecule has 0 saturated heterocycles. The summed E-state index contributed by atoms with van der Waals surface area (Å²) in [6, 6.07) is 13.4. The average Bonchev–Trinajstić information content (AvgIpc) is 2.76. The van der Waals surface area contributed by atoms with Gasteiger partial charge in [0.1, 0.15) is 0 Å². The molecule has 0 aliphatic heterocycles. The van der Waals surface area contributed by atoms with Crippen molar-refractivity contribution in [1.82, 2.24) is 0 Å². The lowest BCUT2D eigenvalue weighted by Gasteiger charge is -2.17. The number of carbonyl (C=O) groups excluding carboxylic acids is 1. The van der Waals surface area contributed by atoms with E-state index in [2.05, 4.69) is 10.3 Å². The van der Waals surface area contributed by atoms with Crippen molar-refractivity contribution in [1.29, 1.82) is 0 Å². The Hall–Kier alpha value is -2.12. The van der Waals surface area contributed by atoms with Crippen LogP contribution in [-0.4, -0.2) is 52.4 Å². The van der Waals surface area contributed by atoms with Crippen LogP contribution < -0.4 is 5.32 Å². The molecule has 0 heterocycles. The van der Waals surface area contributed by atoms with Crippen LogP contribution in [0.5, 0.6) is 0 Å². The molecule has 0 aliphatic carbocycles. The molecule has 1 unspecified atom stereocenters. The Balaban J connectivity index is 2.11. The van der Waals surface area contributed by atoms with Crippen LogP contribution >= 0.6 is 23.2 Å². The fourth-order valence-electron chi connectivity index (χ4n) is 2.98. The molecule has 2 rings (SSSR count). The molecule has 1 N–H and O–H groups in total. The van der Waals surface area contributed by atoms with Crippen molar-refractivity contribution >= 4 is 41.1 Å². The molecule has 0 radical (unpaired) electrons. The quantitative estimate of drug-likeness (QED) is 0.265. The number of para-hydroxylation sites is 1. The monoisotopic (exact) mass is 466 g/mol. The second-order valence-corrected chi connectivity index (χ2v) is 7.68. The molecule has 0 amide bonds. The van der Waals surface area contributed by atoms with Crippen LogP contribution in [0.25, 0.3) is 0 Å². The molecule has 1 atom stereocenters. The molecule has 6 nitrogen and oxygen atoms in total. The van der Waals surface area contributed by atoms with Gasteiger partial charge in [-0.1, -0.05) is 47.5 Å². The molecule has 0 aromatic heterocycles. The zero-order valence-electron chi connectivity index (χ0n) is 17.9. The SMILES string of the molecule is COC(CNc1ccccc1C=NCC(CCOC(C)=O)c1ccc(Cl)c(Cl)c1)OC. The van der Waals surface area contributed by atoms with Gasteiger partial charge in [-0.2, -0.15) is 0 Å². The van der Waals surface area contributed by atoms with Gasteiger partial charge >= 0.3 is 5.97 Å². The second kappa shape index (κ2) is 13.3. The van der Waals surface area contributed by atoms with Crippen LogP contribution in [0.15, 0.2) is 47.5 Å². The van der Waals surface area contributed by atoms with Gasteiger partial charge < -0.3 is 19.5 Å². The van der Waals surface area contributed by atoms with Gasteiger partial charge in [0, 0.05) is 51.1 Å². The third-order valence-electron chi connectivity index (χ3n) is 4.69. The first-order chi connectivity index (χ1) is 14.9. The maximum absolute atomic E-state index is 11.1. The van der Waals surface area contributed by atoms with E-state index in [1.54, 1.807) is 20.3 Å². The number of aliphatic imine (C=N–C) groups is 1. The minimum atomic E-state index is -0.342. The van der Waals surface area contributed by atoms with Gasteiger partial charge in [-0.05, 0) is 30.2 Å². The van der Waals surface area contributed by atoms with Gasteiger partial charge in [0.25, 0.3) is 0 Å². The molecule has 2 aromatic rings. The number of methoxy groups -OCH3 is 2. The largest absolute Gasteiger partial charge is 0.466 e. The number of nitrogens with one attached hydrogen (secondary N) is 1. The van der Waals surface area contributed by atoms with Crippen LogP contribution in [0.2, 0.25) is 10.0 Å². The maximum Gasteiger partial charge on any atom is 0.302 e. The topological polar surface area (TPSA) is 69.1 Å². The molecule has 31 heavy (non-hydrogen) atoms. The number of esters is 1. The summed E-state index contributed by atoms with van der Waals surface area (Å²) in [4.78, 5) is 15.8. The highest BCUT2D eigenvalue weighted by molar-refractivity contribution is 6.42. The first kappa shape index (κ1) is 25.1. The van der Waals surface area contributed by atoms with Gasteiger partial charge in [-0.25, -0.2) is 0 Å². The molecule has 0 saturated carbocycles. The number of halogens is 2. The number of rotatable bonds is 12. The third kappa shape index (κ3) is 8.50. The summed E-state index contributed by atoms with van der Waals surface area (Å²) in [5.41, 5.74) is 2.87. The minimum absolute atomic E-state index is 0.0249. The highest BCUT2D eigenvalue weighted by Gasteiger charge is 2.14. The fraction of sp³-hybridized carbons (Fsp3) is 0.391. The third-order valence-corrected chi connectivity index (χ3v) is 5.43. The molecular formula is C23H28Cl2N2O4. The molecule has 0 fully saturated rings. The van der Waals surface area contributed by atoms with Crippen molar-refractivity contribution in [3.8, 4) is 0 Å². The second-order valence-electron chi connectivity index (χ2n) is 6.86. The molecule has 2 aromatic carbocycles. The Morgan fingerprint density at radius 1 is 1.13 bits per heavy atom. The van der Waals surface area contributed by atoms with Crippen molar-refractivity contribution in [2.75, 3.05) is 39.2 Å². The van der Waals surface area contributed by atoms with Crippen LogP contribution in [0.3, 0.4) is 0 Å². The number of nitrogens with zero attached hydrogens (tertiary/aromatic N) is 1. The molecule has 0 bridgehead atoms. The number of hydrogen-bond acceptors (Lipinski definition) is 6. The van der Waals surface area contributed by atoms with E-state index in [4.69, 9.17) is 37.4 Å². The Kier molecular flexibility index (Phi) is 10.8. The number of ether oxygens (including phenoxy) is 3. The van der Waals surface area contributed by atoms with E-state index in [-0.39, 0.29) is 18.2 Å². The predicted molar refractivity (Wildman–Crippen MR) is 126 cm³/mol. The van der Waals surface area contributed by atoms with Gasteiger partial charge in [-0.3, -0.25) is 9.79 Å². The summed E-state index contributed by atoms with van der Waals surface area (Å²) in [6.07, 6.45) is 2.11. The van der Waals surface area contributed by atoms with E-state index in [0.29, 0.717) is 36.2 Å². The molecule has 8 heteroatoms. The lowest BCUT2D eigenvalue weighted by atomic mass is 9.96. The number of carbonyl (C=O) groups is 1. The summed E-state index contributed by atoms with van der Waals surface area (Å²) in [5, 5.41) is 4.30. The molecular weight excluding hydrogens is 439 g/mol. The van der Waals surface area contributed by atoms with Crippen LogP contribution in [0, 0.1) is 0 Å². The Bertz CT molecular complexity index is 872. The van der Waals surface area contributed by atoms with Gasteiger partial charge in [0.05, 0.1) is 23.2 Å². The van der Waals surface area contributed by atoms with Crippen LogP contribution in [0.4, 0.5) is 5.69 Å². The highest BCUT2D eigenvalue weighted by atomic mass is 35.5. The summed E-state index contributed by atoms with van der Waals surface area (Å²) in [5.74, 6) is -0.279. The van der Waals surface area contributed by atoms with E-state index < -0.39 is 0 Å². The normalized spacial score (nSPS) is 12.3. The van der Waals surface area contributed by atoms with Crippen molar-refractivity contribution in [2.45, 2.75) is 25.6 Å². The lowest BCUT2D eigenvalue weighted by molar-refractivity contribution is -0.141. The van der Waals surface area contributed by atoms with E-state index in [9.17, 15) is 4.79 Å². The summed E-state index contributed by atoms with van der Waals surface area (Å²) >= 11 is 12.2. The standard InChI is InChI=1S/C23H28Cl2N2O4/c1-16(28)31-11-10-18(17-8-9-20(24)21(25)12-17)13-26-14-19-6-4-5-7-22(19)27-15-23(29-2)30-3/h4-9,12,14,18,23,27H,10-11,13,15H2,1-3H3. The Morgan fingerprint density at radius 2 is 1.87 bits per heavy atom. The van der Waals surface area contributed by atoms with E-state index in [0.717, 1.165) is 16.8 Å². The zero-order valence-corrected chi connectivity index (χ0v) is 19.4. The zero-order chi connectivity index (χ0) is 22.6. The van der Waals surface area contributed by atoms with E-state index in [1.807, 2.05) is 42.6 Å². The van der Waals surface area contributed by atoms with Crippen LogP contribution in [0.1, 0.15) is 30.4 Å². The molecule has 0 aliphatic rings. The first-order valence-corrected chi connectivity index (χ1v) is 10.7. The molecule has 168 valence electrons. The Labute approximate surface area is 193 Å². The van der Waals surface area contributed by atoms with Crippen LogP contribution in [-0.2, 0) is 19.0 Å². The lowest BCUT2D eigenvalue weighted by Crippen LogP contribution is -2.24. The smallest absolute Gasteiger partial charge is 0.302 e. The highest BCUT2D eigenvalue weighted by Crippen LogP contribution is 2.28. The summed E-state index contributed by atoms with van der Waals surface area (Å²) < 4.78 is 15.6. The van der Waals surface area contributed by atoms with Gasteiger partial charge in [0.2, 0.25) is 0 Å². The van der Waals surface area contributed by atoms with Gasteiger partial charge in [0.15, 0.2) is 6.29 Å². The fourth-order valence-corrected chi connectivity index (χ4v) is 3.29. The maximum atomic E-state index is 11.1. The molecule has 0 spiro atoms. The van der Waals surface area contributed by atoms with E-state index in [1.165, 1.54) is 6.92 Å². The first-order valence-electron chi connectivity index (χ1n) is 9.91. The van der Waals surface area contributed by atoms with Crippen molar-refractivity contribution in [3.05, 3.63) is 63.6 Å².